The van der Waals surface area contributed by atoms with Crippen LogP contribution in [0.15, 0.2) is 77.9 Å². The fourth-order valence-corrected chi connectivity index (χ4v) is 5.82. The number of hydrogen-bond donors (Lipinski definition) is 1. The van der Waals surface area contributed by atoms with Crippen LogP contribution in [0.4, 0.5) is 0 Å². The van der Waals surface area contributed by atoms with Gasteiger partial charge < -0.3 is 4.74 Å². The SMILES string of the molecule is O=C(NN=Cc1cc(I)c(OCc2ccc(Cl)cc2Cl)c(I)c1)c1cccc2ccccc12. The number of carbonyl (C=O) groups is 1. The minimum atomic E-state index is -0.257. The van der Waals surface area contributed by atoms with Gasteiger partial charge in [-0.25, -0.2) is 5.43 Å². The molecule has 8 heteroatoms. The highest BCUT2D eigenvalue weighted by atomic mass is 127. The zero-order chi connectivity index (χ0) is 23.4. The zero-order valence-corrected chi connectivity index (χ0v) is 22.8. The summed E-state index contributed by atoms with van der Waals surface area (Å²) in [5.74, 6) is 0.506. The van der Waals surface area contributed by atoms with Crippen LogP contribution in [0.3, 0.4) is 0 Å². The van der Waals surface area contributed by atoms with E-state index in [1.54, 1.807) is 24.4 Å². The molecule has 0 aromatic heterocycles. The summed E-state index contributed by atoms with van der Waals surface area (Å²) in [7, 11) is 0. The van der Waals surface area contributed by atoms with Crippen LogP contribution in [-0.2, 0) is 6.61 Å². The first-order valence-electron chi connectivity index (χ1n) is 9.79. The van der Waals surface area contributed by atoms with E-state index in [1.165, 1.54) is 0 Å². The van der Waals surface area contributed by atoms with Gasteiger partial charge in [-0.1, -0.05) is 65.7 Å². The molecule has 4 aromatic rings. The molecule has 0 aliphatic carbocycles. The fraction of sp³-hybridized carbons (Fsp3) is 0.0400. The maximum atomic E-state index is 12.6. The lowest BCUT2D eigenvalue weighted by Gasteiger charge is -2.12. The summed E-state index contributed by atoms with van der Waals surface area (Å²) in [5, 5.41) is 7.20. The Morgan fingerprint density at radius 2 is 1.70 bits per heavy atom. The predicted molar refractivity (Wildman–Crippen MR) is 152 cm³/mol. The van der Waals surface area contributed by atoms with Gasteiger partial charge in [0.15, 0.2) is 0 Å². The van der Waals surface area contributed by atoms with Crippen LogP contribution in [0, 0.1) is 7.14 Å². The van der Waals surface area contributed by atoms with Crippen molar-refractivity contribution in [3.05, 3.63) is 107 Å². The lowest BCUT2D eigenvalue weighted by molar-refractivity contribution is 0.0957. The first kappa shape index (κ1) is 24.3. The second kappa shape index (κ2) is 11.0. The average molecular weight is 701 g/mol. The molecule has 0 aliphatic heterocycles. The van der Waals surface area contributed by atoms with Crippen molar-refractivity contribution in [1.29, 1.82) is 0 Å². The molecule has 166 valence electrons. The second-order valence-electron chi connectivity index (χ2n) is 7.06. The fourth-order valence-electron chi connectivity index (χ4n) is 3.23. The molecule has 0 saturated heterocycles. The number of ether oxygens (including phenoxy) is 1. The number of carbonyl (C=O) groups excluding carboxylic acids is 1. The van der Waals surface area contributed by atoms with E-state index >= 15 is 0 Å². The summed E-state index contributed by atoms with van der Waals surface area (Å²) in [6.45, 7) is 0.330. The van der Waals surface area contributed by atoms with Crippen LogP contribution < -0.4 is 10.2 Å². The highest BCUT2D eigenvalue weighted by molar-refractivity contribution is 14.1. The van der Waals surface area contributed by atoms with Gasteiger partial charge >= 0.3 is 0 Å². The zero-order valence-electron chi connectivity index (χ0n) is 17.0. The quantitative estimate of drug-likeness (QED) is 0.127. The van der Waals surface area contributed by atoms with Gasteiger partial charge in [0.2, 0.25) is 0 Å². The van der Waals surface area contributed by atoms with E-state index in [0.717, 1.165) is 34.8 Å². The predicted octanol–water partition coefficient (Wildman–Crippen LogP) is 7.70. The minimum absolute atomic E-state index is 0.257. The number of nitrogens with zero attached hydrogens (tertiary/aromatic N) is 1. The van der Waals surface area contributed by atoms with Crippen LogP contribution in [0.5, 0.6) is 5.75 Å². The summed E-state index contributed by atoms with van der Waals surface area (Å²) in [6.07, 6.45) is 1.62. The summed E-state index contributed by atoms with van der Waals surface area (Å²) in [4.78, 5) is 12.6. The lowest BCUT2D eigenvalue weighted by atomic mass is 10.0. The maximum Gasteiger partial charge on any atom is 0.271 e. The Morgan fingerprint density at radius 3 is 2.45 bits per heavy atom. The van der Waals surface area contributed by atoms with Gasteiger partial charge in [-0.15, -0.1) is 0 Å². The van der Waals surface area contributed by atoms with Gasteiger partial charge in [0.05, 0.1) is 13.4 Å². The molecule has 4 rings (SSSR count). The summed E-state index contributed by atoms with van der Waals surface area (Å²) < 4.78 is 7.86. The van der Waals surface area contributed by atoms with E-state index in [9.17, 15) is 4.79 Å². The van der Waals surface area contributed by atoms with Gasteiger partial charge in [0.25, 0.3) is 5.91 Å². The van der Waals surface area contributed by atoms with Crippen LogP contribution in [-0.4, -0.2) is 12.1 Å². The molecular weight excluding hydrogens is 685 g/mol. The second-order valence-corrected chi connectivity index (χ2v) is 10.2. The molecule has 0 fully saturated rings. The van der Waals surface area contributed by atoms with E-state index in [4.69, 9.17) is 27.9 Å². The molecule has 0 saturated carbocycles. The highest BCUT2D eigenvalue weighted by Crippen LogP contribution is 2.30. The number of nitrogens with one attached hydrogen (secondary N) is 1. The number of amides is 1. The van der Waals surface area contributed by atoms with Gasteiger partial charge in [0, 0.05) is 21.2 Å². The number of fused-ring (bicyclic) bond motifs is 1. The molecule has 33 heavy (non-hydrogen) atoms. The molecule has 0 radical (unpaired) electrons. The van der Waals surface area contributed by atoms with Crippen molar-refractivity contribution in [2.45, 2.75) is 6.61 Å². The topological polar surface area (TPSA) is 50.7 Å². The summed E-state index contributed by atoms with van der Waals surface area (Å²) in [5.41, 5.74) is 4.90. The molecule has 0 heterocycles. The molecule has 0 atom stereocenters. The smallest absolute Gasteiger partial charge is 0.271 e. The molecule has 0 aliphatic rings. The van der Waals surface area contributed by atoms with E-state index < -0.39 is 0 Å². The molecule has 0 unspecified atom stereocenters. The van der Waals surface area contributed by atoms with Gasteiger partial charge in [-0.2, -0.15) is 5.10 Å². The molecule has 0 bridgehead atoms. The first-order valence-corrected chi connectivity index (χ1v) is 12.7. The maximum absolute atomic E-state index is 12.6. The Hall–Kier alpha value is -1.88. The standard InChI is InChI=1S/C25H16Cl2I2N2O2/c26-18-9-8-17(21(27)12-18)14-33-24-22(28)10-15(11-23(24)29)13-30-31-25(32)20-7-3-5-16-4-1-2-6-19(16)20/h1-13H,14H2,(H,31,32). The third-order valence-corrected chi connectivity index (χ3v) is 7.01. The molecule has 4 aromatic carbocycles. The molecule has 1 N–H and O–H groups in total. The largest absolute Gasteiger partial charge is 0.487 e. The molecule has 1 amide bonds. The highest BCUT2D eigenvalue weighted by Gasteiger charge is 2.11. The normalized spacial score (nSPS) is 11.2. The Morgan fingerprint density at radius 1 is 0.970 bits per heavy atom. The number of halogens is 4. The summed E-state index contributed by atoms with van der Waals surface area (Å²) >= 11 is 16.6. The number of benzene rings is 4. The minimum Gasteiger partial charge on any atom is -0.487 e. The van der Waals surface area contributed by atoms with E-state index in [0.29, 0.717) is 22.2 Å². The van der Waals surface area contributed by atoms with Gasteiger partial charge in [-0.3, -0.25) is 4.79 Å². The lowest BCUT2D eigenvalue weighted by Crippen LogP contribution is -2.18. The van der Waals surface area contributed by atoms with Crippen LogP contribution in [0.25, 0.3) is 10.8 Å². The van der Waals surface area contributed by atoms with E-state index in [-0.39, 0.29) is 5.91 Å². The number of rotatable bonds is 6. The number of hydrazone groups is 1. The molecule has 4 nitrogen and oxygen atoms in total. The third-order valence-electron chi connectivity index (χ3n) is 4.82. The van der Waals surface area contributed by atoms with Crippen molar-refractivity contribution in [3.8, 4) is 5.75 Å². The number of hydrogen-bond acceptors (Lipinski definition) is 3. The third kappa shape index (κ3) is 5.98. The van der Waals surface area contributed by atoms with Gasteiger partial charge in [0.1, 0.15) is 12.4 Å². The van der Waals surface area contributed by atoms with Crippen molar-refractivity contribution in [3.63, 3.8) is 0 Å². The Balaban J connectivity index is 1.45. The van der Waals surface area contributed by atoms with Crippen molar-refractivity contribution in [1.82, 2.24) is 5.43 Å². The van der Waals surface area contributed by atoms with Crippen LogP contribution in [0.1, 0.15) is 21.5 Å². The monoisotopic (exact) mass is 700 g/mol. The Labute approximate surface area is 228 Å². The van der Waals surface area contributed by atoms with Gasteiger partial charge in [-0.05, 0) is 91.8 Å². The van der Waals surface area contributed by atoms with Crippen molar-refractivity contribution >= 4 is 91.3 Å². The average Bonchev–Trinajstić information content (AvgIpc) is 2.79. The molecular formula is C25H16Cl2I2N2O2. The van der Waals surface area contributed by atoms with Crippen LogP contribution in [0.2, 0.25) is 10.0 Å². The van der Waals surface area contributed by atoms with E-state index in [2.05, 4.69) is 55.7 Å². The van der Waals surface area contributed by atoms with Crippen molar-refractivity contribution in [2.75, 3.05) is 0 Å². The summed E-state index contributed by atoms with van der Waals surface area (Å²) in [6, 6.07) is 22.6. The van der Waals surface area contributed by atoms with Crippen molar-refractivity contribution < 1.29 is 9.53 Å². The first-order chi connectivity index (χ1) is 15.9. The van der Waals surface area contributed by atoms with Crippen LogP contribution >= 0.6 is 68.4 Å². The van der Waals surface area contributed by atoms with Crippen molar-refractivity contribution in [2.24, 2.45) is 5.10 Å². The Kier molecular flexibility index (Phi) is 8.11. The van der Waals surface area contributed by atoms with E-state index in [1.807, 2.05) is 54.6 Å². The molecule has 0 spiro atoms. The Bertz CT molecular complexity index is 1350.